The maximum Gasteiger partial charge on any atom is 0.186 e. The molecule has 0 spiro atoms. The molecule has 0 saturated heterocycles. The minimum Gasteiger partial charge on any atom is -0.390 e. The maximum atomic E-state index is 17.5. The fourth-order valence-electron chi connectivity index (χ4n) is 8.96. The van der Waals surface area contributed by atoms with Crippen molar-refractivity contribution in [2.75, 3.05) is 17.3 Å². The fourth-order valence-corrected chi connectivity index (χ4v) is 9.79. The van der Waals surface area contributed by atoms with E-state index in [0.717, 1.165) is 6.08 Å². The van der Waals surface area contributed by atoms with Crippen LogP contribution in [0.3, 0.4) is 0 Å². The number of carbonyl (C=O) groups excluding carboxylic acids is 2. The first-order valence-corrected chi connectivity index (χ1v) is 14.6. The zero-order valence-electron chi connectivity index (χ0n) is 20.6. The van der Waals surface area contributed by atoms with E-state index in [2.05, 4.69) is 31.9 Å². The second kappa shape index (κ2) is 9.09. The van der Waals surface area contributed by atoms with Crippen LogP contribution in [0.5, 0.6) is 0 Å². The Hall–Kier alpha value is -0.340. The Balaban J connectivity index is 2.00. The Labute approximate surface area is 230 Å². The number of hydrogen-bond donors (Lipinski definition) is 6. The van der Waals surface area contributed by atoms with Gasteiger partial charge in [-0.15, -0.1) is 0 Å². The lowest BCUT2D eigenvalue weighted by molar-refractivity contribution is -0.311. The van der Waals surface area contributed by atoms with E-state index in [1.807, 2.05) is 0 Å². The molecule has 8 nitrogen and oxygen atoms in total. The second-order valence-electron chi connectivity index (χ2n) is 11.9. The van der Waals surface area contributed by atoms with Gasteiger partial charge in [0, 0.05) is 23.7 Å². The first kappa shape index (κ1) is 29.6. The quantitative estimate of drug-likeness (QED) is 0.185. The minimum absolute atomic E-state index is 0.0179. The van der Waals surface area contributed by atoms with Crippen LogP contribution in [0.1, 0.15) is 46.0 Å². The molecule has 0 aliphatic heterocycles. The van der Waals surface area contributed by atoms with Gasteiger partial charge in [0.1, 0.15) is 18.4 Å². The fraction of sp³-hybridized carbons (Fsp3) is 0.840. The molecular weight excluding hydrogens is 626 g/mol. The molecule has 37 heavy (non-hydrogen) atoms. The average Bonchev–Trinajstić information content (AvgIpc) is 3.12. The summed E-state index contributed by atoms with van der Waals surface area (Å²) in [6.07, 6.45) is -3.77. The highest BCUT2D eigenvalue weighted by atomic mass is 79.9. The number of aliphatic hydroxyl groups excluding tert-OH is 2. The normalized spacial score (nSPS) is 46.1. The molecule has 4 rings (SSSR count). The van der Waals surface area contributed by atoms with Crippen molar-refractivity contribution in [3.8, 4) is 0 Å². The maximum absolute atomic E-state index is 17.5. The minimum atomic E-state index is -2.97. The largest absolute Gasteiger partial charge is 0.390 e. The molecule has 3 saturated carbocycles. The first-order valence-electron chi connectivity index (χ1n) is 12.4. The Kier molecular flexibility index (Phi) is 7.28. The zero-order valence-corrected chi connectivity index (χ0v) is 23.8. The van der Waals surface area contributed by atoms with E-state index < -0.39 is 99.4 Å². The van der Waals surface area contributed by atoms with Crippen molar-refractivity contribution < 1.29 is 49.0 Å². The Morgan fingerprint density at radius 2 is 1.76 bits per heavy atom. The van der Waals surface area contributed by atoms with Crippen LogP contribution in [-0.2, 0) is 9.59 Å². The molecule has 0 radical (unpaired) electrons. The Morgan fingerprint density at radius 1 is 1.14 bits per heavy atom. The van der Waals surface area contributed by atoms with E-state index in [0.29, 0.717) is 0 Å². The van der Waals surface area contributed by atoms with E-state index in [1.54, 1.807) is 0 Å². The van der Waals surface area contributed by atoms with Crippen LogP contribution in [-0.4, -0.2) is 89.0 Å². The summed E-state index contributed by atoms with van der Waals surface area (Å²) in [5.74, 6) is -11.0. The summed E-state index contributed by atoms with van der Waals surface area (Å²) in [7, 11) is 0. The number of allylic oxidation sites excluding steroid dienone is 1. The van der Waals surface area contributed by atoms with E-state index >= 15 is 8.78 Å². The third kappa shape index (κ3) is 3.49. The smallest absolute Gasteiger partial charge is 0.186 e. The Bertz CT molecular complexity index is 1020. The predicted molar refractivity (Wildman–Crippen MR) is 134 cm³/mol. The van der Waals surface area contributed by atoms with Gasteiger partial charge < -0.3 is 30.6 Å². The highest BCUT2D eigenvalue weighted by Crippen LogP contribution is 2.76. The van der Waals surface area contributed by atoms with Crippen LogP contribution in [0.2, 0.25) is 0 Å². The number of rotatable bonds is 6. The number of hydrogen-bond acceptors (Lipinski definition) is 8. The number of fused-ring (bicyclic) bond motifs is 5. The summed E-state index contributed by atoms with van der Waals surface area (Å²) >= 11 is 5.99. The molecule has 210 valence electrons. The van der Waals surface area contributed by atoms with Gasteiger partial charge in [-0.3, -0.25) is 9.59 Å². The molecule has 0 bridgehead atoms. The Morgan fingerprint density at radius 3 is 2.30 bits per heavy atom. The van der Waals surface area contributed by atoms with Gasteiger partial charge in [0.25, 0.3) is 0 Å². The molecule has 4 aliphatic rings. The standard InChI is InChI=1S/C25H34Br2F2O8/c1-20-4-3-12(31)5-15(20)16(28)6-14-13-7-17(22(34,35)10-26)24(19(33)9-30,23(36,37)11-27)21(13,2)8-18(32)25(14,20)29/h5,13-14,16-18,30,32,34-37H,3-4,6-11H2,1-2H3/t13-,14-,16?,17?,18?,20-,21-,24-,25-/m0/s1. The third-order valence-electron chi connectivity index (χ3n) is 10.5. The number of ketones is 2. The summed E-state index contributed by atoms with van der Waals surface area (Å²) in [6, 6.07) is 0. The van der Waals surface area contributed by atoms with Crippen molar-refractivity contribution in [3.05, 3.63) is 11.6 Å². The third-order valence-corrected chi connectivity index (χ3v) is 12.1. The van der Waals surface area contributed by atoms with Crippen molar-refractivity contribution in [2.45, 2.75) is 75.5 Å². The lowest BCUT2D eigenvalue weighted by Crippen LogP contribution is -2.73. The number of halogens is 4. The highest BCUT2D eigenvalue weighted by Gasteiger charge is 2.82. The molecule has 3 unspecified atom stereocenters. The number of Topliss-reactive ketones (excluding diaryl/α,β-unsaturated/α-hetero) is 1. The summed E-state index contributed by atoms with van der Waals surface area (Å²) in [6.45, 7) is 1.73. The molecule has 0 aromatic rings. The summed E-state index contributed by atoms with van der Waals surface area (Å²) in [4.78, 5) is 25.7. The highest BCUT2D eigenvalue weighted by molar-refractivity contribution is 9.09. The molecule has 6 N–H and O–H groups in total. The lowest BCUT2D eigenvalue weighted by Gasteiger charge is -2.65. The lowest BCUT2D eigenvalue weighted by atomic mass is 9.41. The van der Waals surface area contributed by atoms with Gasteiger partial charge >= 0.3 is 0 Å². The van der Waals surface area contributed by atoms with E-state index in [-0.39, 0.29) is 30.6 Å². The molecule has 0 aromatic heterocycles. The topological polar surface area (TPSA) is 156 Å². The monoisotopic (exact) mass is 658 g/mol. The average molecular weight is 660 g/mol. The van der Waals surface area contributed by atoms with Crippen LogP contribution >= 0.6 is 31.9 Å². The molecule has 3 fully saturated rings. The number of carbonyl (C=O) groups is 2. The van der Waals surface area contributed by atoms with Crippen LogP contribution in [0, 0.1) is 34.0 Å². The van der Waals surface area contributed by atoms with Gasteiger partial charge in [-0.2, -0.15) is 0 Å². The van der Waals surface area contributed by atoms with Crippen molar-refractivity contribution in [1.29, 1.82) is 0 Å². The van der Waals surface area contributed by atoms with Crippen molar-refractivity contribution in [2.24, 2.45) is 34.0 Å². The van der Waals surface area contributed by atoms with Gasteiger partial charge in [0.05, 0.1) is 22.2 Å². The molecular formula is C25H34Br2F2O8. The SMILES string of the molecule is C[C@]12CCC(=O)C=C1C(F)C[C@H]1[C@@H]3CC(C(O)(O)CBr)[C@@](C(=O)CO)(C(O)(O)CBr)[C@@]3(C)CC(O)[C@@]12F. The van der Waals surface area contributed by atoms with Crippen molar-refractivity contribution >= 4 is 43.4 Å². The van der Waals surface area contributed by atoms with E-state index in [9.17, 15) is 40.2 Å². The zero-order chi connectivity index (χ0) is 28.0. The van der Waals surface area contributed by atoms with Gasteiger partial charge in [-0.1, -0.05) is 45.7 Å². The molecule has 4 aliphatic carbocycles. The van der Waals surface area contributed by atoms with E-state index in [4.69, 9.17) is 0 Å². The van der Waals surface area contributed by atoms with Crippen molar-refractivity contribution in [3.63, 3.8) is 0 Å². The number of alkyl halides is 4. The van der Waals surface area contributed by atoms with Gasteiger partial charge in [0.2, 0.25) is 0 Å². The van der Waals surface area contributed by atoms with Crippen molar-refractivity contribution in [1.82, 2.24) is 0 Å². The van der Waals surface area contributed by atoms with Gasteiger partial charge in [-0.05, 0) is 48.7 Å². The number of aliphatic hydroxyl groups is 6. The van der Waals surface area contributed by atoms with Crippen LogP contribution < -0.4 is 0 Å². The van der Waals surface area contributed by atoms with E-state index in [1.165, 1.54) is 13.8 Å². The van der Waals surface area contributed by atoms with Gasteiger partial charge in [0.15, 0.2) is 23.1 Å². The molecule has 0 aromatic carbocycles. The predicted octanol–water partition coefficient (Wildman–Crippen LogP) is 1.45. The molecule has 9 atom stereocenters. The molecule has 12 heteroatoms. The van der Waals surface area contributed by atoms with Gasteiger partial charge in [-0.25, -0.2) is 8.78 Å². The second-order valence-corrected chi connectivity index (χ2v) is 13.0. The first-order chi connectivity index (χ1) is 17.0. The molecule has 0 amide bonds. The molecule has 0 heterocycles. The summed E-state index contributed by atoms with van der Waals surface area (Å²) < 4.78 is 33.2. The van der Waals surface area contributed by atoms with Crippen LogP contribution in [0.4, 0.5) is 8.78 Å². The summed E-state index contributed by atoms with van der Waals surface area (Å²) in [5, 5.41) is 65.0. The summed E-state index contributed by atoms with van der Waals surface area (Å²) in [5.41, 5.74) is -8.18. The van der Waals surface area contributed by atoms with Crippen LogP contribution in [0.25, 0.3) is 0 Å². The van der Waals surface area contributed by atoms with Crippen LogP contribution in [0.15, 0.2) is 11.6 Å².